The van der Waals surface area contributed by atoms with Gasteiger partial charge in [-0.25, -0.2) is 4.79 Å². The molecule has 1 aromatic heterocycles. The van der Waals surface area contributed by atoms with Gasteiger partial charge in [0.25, 0.3) is 0 Å². The van der Waals surface area contributed by atoms with E-state index >= 15 is 0 Å². The van der Waals surface area contributed by atoms with E-state index in [0.717, 1.165) is 17.8 Å². The van der Waals surface area contributed by atoms with Gasteiger partial charge in [0.15, 0.2) is 0 Å². The van der Waals surface area contributed by atoms with E-state index in [2.05, 4.69) is 10.3 Å². The summed E-state index contributed by atoms with van der Waals surface area (Å²) in [4.78, 5) is 17.0. The molecule has 0 aliphatic heterocycles. The molecule has 0 radical (unpaired) electrons. The van der Waals surface area contributed by atoms with E-state index in [1.807, 2.05) is 27.7 Å². The van der Waals surface area contributed by atoms with Crippen LogP contribution in [0.2, 0.25) is 0 Å². The molecule has 0 saturated carbocycles. The van der Waals surface area contributed by atoms with Crippen molar-refractivity contribution in [1.29, 1.82) is 0 Å². The molecule has 1 heterocycles. The van der Waals surface area contributed by atoms with Crippen LogP contribution in [0.15, 0.2) is 11.4 Å². The highest BCUT2D eigenvalue weighted by atomic mass is 16.6. The summed E-state index contributed by atoms with van der Waals surface area (Å²) < 4.78 is 6.74. The van der Waals surface area contributed by atoms with E-state index in [0.29, 0.717) is 18.8 Å². The second-order valence-electron chi connectivity index (χ2n) is 4.63. The highest BCUT2D eigenvalue weighted by Gasteiger charge is 2.18. The summed E-state index contributed by atoms with van der Waals surface area (Å²) in [6.45, 7) is 10.3. The van der Waals surface area contributed by atoms with Crippen molar-refractivity contribution in [3.63, 3.8) is 0 Å². The summed E-state index contributed by atoms with van der Waals surface area (Å²) in [5.74, 6) is -0.343. The minimum Gasteiger partial charge on any atom is -0.462 e. The smallest absolute Gasteiger partial charge is 0.341 e. The quantitative estimate of drug-likeness (QED) is 0.438. The lowest BCUT2D eigenvalue weighted by Crippen LogP contribution is -2.15. The molecule has 1 aromatic rings. The van der Waals surface area contributed by atoms with Crippen molar-refractivity contribution >= 4 is 11.7 Å². The molecule has 0 aliphatic carbocycles. The number of esters is 1. The zero-order valence-electron chi connectivity index (χ0n) is 12.8. The fourth-order valence-corrected chi connectivity index (χ4v) is 1.67. The first kappa shape index (κ1) is 16.2. The van der Waals surface area contributed by atoms with Crippen LogP contribution in [0.5, 0.6) is 0 Å². The molecule has 1 unspecified atom stereocenters. The van der Waals surface area contributed by atoms with Crippen molar-refractivity contribution < 1.29 is 14.4 Å². The molecular formula is C14H23N3O3. The van der Waals surface area contributed by atoms with Crippen LogP contribution in [0, 0.1) is 6.92 Å². The minimum absolute atomic E-state index is 0.00779. The van der Waals surface area contributed by atoms with Gasteiger partial charge >= 0.3 is 5.97 Å². The normalized spacial score (nSPS) is 13.2. The van der Waals surface area contributed by atoms with Crippen LogP contribution in [-0.4, -0.2) is 34.7 Å². The van der Waals surface area contributed by atoms with E-state index in [1.54, 1.807) is 11.6 Å². The molecule has 112 valence electrons. The third-order valence-corrected chi connectivity index (χ3v) is 3.01. The van der Waals surface area contributed by atoms with Gasteiger partial charge in [-0.1, -0.05) is 12.1 Å². The van der Waals surface area contributed by atoms with Crippen LogP contribution < -0.4 is 0 Å². The van der Waals surface area contributed by atoms with Gasteiger partial charge in [-0.2, -0.15) is 5.10 Å². The van der Waals surface area contributed by atoms with Crippen LogP contribution in [0.4, 0.5) is 0 Å². The average Bonchev–Trinajstić information content (AvgIpc) is 2.80. The second-order valence-corrected chi connectivity index (χ2v) is 4.63. The third-order valence-electron chi connectivity index (χ3n) is 3.01. The number of hydrogen-bond acceptors (Lipinski definition) is 5. The number of nitrogens with zero attached hydrogens (tertiary/aromatic N) is 3. The number of oxime groups is 1. The number of rotatable bonds is 7. The standard InChI is InChI=1S/C14H23N3O3/c1-6-10(3)16-20-9-11(4)17-12(5)13(8-15-17)14(18)19-7-2/h8,11H,6-7,9H2,1-5H3/b16-10+. The van der Waals surface area contributed by atoms with E-state index in [9.17, 15) is 4.79 Å². The molecule has 1 rings (SSSR count). The molecular weight excluding hydrogens is 258 g/mol. The van der Waals surface area contributed by atoms with Crippen molar-refractivity contribution in [3.8, 4) is 0 Å². The highest BCUT2D eigenvalue weighted by molar-refractivity contribution is 5.90. The second kappa shape index (κ2) is 7.67. The lowest BCUT2D eigenvalue weighted by atomic mass is 10.2. The third kappa shape index (κ3) is 4.08. The molecule has 0 N–H and O–H groups in total. The van der Waals surface area contributed by atoms with Gasteiger partial charge < -0.3 is 9.57 Å². The predicted molar refractivity (Wildman–Crippen MR) is 77.0 cm³/mol. The van der Waals surface area contributed by atoms with Gasteiger partial charge in [-0.15, -0.1) is 0 Å². The van der Waals surface area contributed by atoms with Crippen LogP contribution in [-0.2, 0) is 9.57 Å². The Hall–Kier alpha value is -1.85. The molecule has 20 heavy (non-hydrogen) atoms. The largest absolute Gasteiger partial charge is 0.462 e. The van der Waals surface area contributed by atoms with Crippen LogP contribution >= 0.6 is 0 Å². The SMILES string of the molecule is CCOC(=O)c1cnn(C(C)CO/N=C(\C)CC)c1C. The maximum Gasteiger partial charge on any atom is 0.341 e. The number of carbonyl (C=O) groups is 1. The van der Waals surface area contributed by atoms with Crippen LogP contribution in [0.25, 0.3) is 0 Å². The first-order valence-electron chi connectivity index (χ1n) is 6.87. The number of carbonyl (C=O) groups excluding carboxylic acids is 1. The molecule has 0 fully saturated rings. The van der Waals surface area contributed by atoms with E-state index in [4.69, 9.17) is 9.57 Å². The first-order valence-corrected chi connectivity index (χ1v) is 6.87. The molecule has 6 heteroatoms. The predicted octanol–water partition coefficient (Wildman–Crippen LogP) is 2.73. The summed E-state index contributed by atoms with van der Waals surface area (Å²) in [6.07, 6.45) is 2.40. The highest BCUT2D eigenvalue weighted by Crippen LogP contribution is 2.14. The molecule has 0 aliphatic rings. The van der Waals surface area contributed by atoms with Crippen LogP contribution in [0.1, 0.15) is 56.2 Å². The summed E-state index contributed by atoms with van der Waals surface area (Å²) in [5, 5.41) is 8.22. The van der Waals surface area contributed by atoms with Crippen molar-refractivity contribution in [3.05, 3.63) is 17.5 Å². The Labute approximate surface area is 119 Å². The van der Waals surface area contributed by atoms with Gasteiger partial charge in [0.05, 0.1) is 30.3 Å². The summed E-state index contributed by atoms with van der Waals surface area (Å²) in [6, 6.07) is -0.00779. The fraction of sp³-hybridized carbons (Fsp3) is 0.643. The zero-order valence-corrected chi connectivity index (χ0v) is 12.8. The number of aromatic nitrogens is 2. The maximum atomic E-state index is 11.7. The molecule has 0 saturated heterocycles. The molecule has 0 aromatic carbocycles. The molecule has 6 nitrogen and oxygen atoms in total. The minimum atomic E-state index is -0.343. The Morgan fingerprint density at radius 2 is 2.20 bits per heavy atom. The van der Waals surface area contributed by atoms with Gasteiger partial charge in [-0.3, -0.25) is 4.68 Å². The monoisotopic (exact) mass is 281 g/mol. The summed E-state index contributed by atoms with van der Waals surface area (Å²) in [7, 11) is 0. The first-order chi connectivity index (χ1) is 9.51. The lowest BCUT2D eigenvalue weighted by molar-refractivity contribution is 0.0525. The Kier molecular flexibility index (Phi) is 6.21. The van der Waals surface area contributed by atoms with Gasteiger partial charge in [0, 0.05) is 0 Å². The Morgan fingerprint density at radius 1 is 1.50 bits per heavy atom. The van der Waals surface area contributed by atoms with Gasteiger partial charge in [0.1, 0.15) is 12.2 Å². The molecule has 0 amide bonds. The zero-order chi connectivity index (χ0) is 15.1. The summed E-state index contributed by atoms with van der Waals surface area (Å²) >= 11 is 0. The Morgan fingerprint density at radius 3 is 2.80 bits per heavy atom. The van der Waals surface area contributed by atoms with Crippen molar-refractivity contribution in [2.24, 2.45) is 5.16 Å². The van der Waals surface area contributed by atoms with Crippen molar-refractivity contribution in [2.75, 3.05) is 13.2 Å². The maximum absolute atomic E-state index is 11.7. The van der Waals surface area contributed by atoms with E-state index in [1.165, 1.54) is 6.20 Å². The van der Waals surface area contributed by atoms with E-state index < -0.39 is 0 Å². The summed E-state index contributed by atoms with van der Waals surface area (Å²) in [5.41, 5.74) is 2.21. The Balaban J connectivity index is 2.70. The lowest BCUT2D eigenvalue weighted by Gasteiger charge is -2.13. The van der Waals surface area contributed by atoms with Gasteiger partial charge in [-0.05, 0) is 34.1 Å². The van der Waals surface area contributed by atoms with Crippen molar-refractivity contribution in [2.45, 2.75) is 47.1 Å². The molecule has 0 spiro atoms. The fourth-order valence-electron chi connectivity index (χ4n) is 1.67. The van der Waals surface area contributed by atoms with E-state index in [-0.39, 0.29) is 12.0 Å². The average molecular weight is 281 g/mol. The van der Waals surface area contributed by atoms with Gasteiger partial charge in [0.2, 0.25) is 0 Å². The number of hydrogen-bond donors (Lipinski definition) is 0. The molecule has 1 atom stereocenters. The number of ether oxygens (including phenoxy) is 1. The van der Waals surface area contributed by atoms with Crippen molar-refractivity contribution in [1.82, 2.24) is 9.78 Å². The Bertz CT molecular complexity index is 480. The molecule has 0 bridgehead atoms. The van der Waals surface area contributed by atoms with Crippen LogP contribution in [0.3, 0.4) is 0 Å². The topological polar surface area (TPSA) is 65.7 Å².